The van der Waals surface area contributed by atoms with Crippen LogP contribution in [0.25, 0.3) is 0 Å². The van der Waals surface area contributed by atoms with Crippen LogP contribution in [-0.4, -0.2) is 100 Å². The molecule has 4 saturated carbocycles. The van der Waals surface area contributed by atoms with Crippen LogP contribution in [0.5, 0.6) is 0 Å². The van der Waals surface area contributed by atoms with Gasteiger partial charge in [-0.05, 0) is 108 Å². The minimum Gasteiger partial charge on any atom is -0.481 e. The first-order valence-electron chi connectivity index (χ1n) is 21.5. The molecule has 1 aliphatic heterocycles. The highest BCUT2D eigenvalue weighted by Gasteiger charge is 2.75. The van der Waals surface area contributed by atoms with Gasteiger partial charge < -0.3 is 50.2 Å². The van der Waals surface area contributed by atoms with Crippen molar-refractivity contribution in [1.29, 1.82) is 0 Å². The Morgan fingerprint density at radius 2 is 1.61 bits per heavy atom. The predicted octanol–water partition coefficient (Wildman–Crippen LogP) is 4.58. The van der Waals surface area contributed by atoms with Crippen LogP contribution >= 0.6 is 0 Å². The summed E-state index contributed by atoms with van der Waals surface area (Å²) in [6, 6.07) is 8.31. The fourth-order valence-electron chi connectivity index (χ4n) is 14.5. The third-order valence-electron chi connectivity index (χ3n) is 17.8. The zero-order chi connectivity index (χ0) is 40.9. The van der Waals surface area contributed by atoms with E-state index in [1.807, 2.05) is 7.05 Å². The zero-order valence-electron chi connectivity index (χ0n) is 34.7. The van der Waals surface area contributed by atoms with E-state index in [-0.39, 0.29) is 71.1 Å². The summed E-state index contributed by atoms with van der Waals surface area (Å²) in [6.07, 6.45) is 5.32. The molecule has 8 rings (SSSR count). The summed E-state index contributed by atoms with van der Waals surface area (Å²) < 4.78 is 19.7. The summed E-state index contributed by atoms with van der Waals surface area (Å²) in [7, 11) is 1.92. The lowest BCUT2D eigenvalue weighted by Crippen LogP contribution is -2.75. The number of benzene rings is 1. The standard InChI is InChI=1S/C46H67NO10/c1-41(24-48)15-17-46(40(53)54)18-16-43(3)29(31(46)20-41)13-14-33-44(43,4)19-28-11-12-30-36(55-22-27-9-7-26(8-10-27)21-47-6)38(42(2,25-49)37(28)45(30,33)5)57-39-35(52)34(51)32(50)23-56-39/h7-13,28,30-39,47-52H,14-25H2,1-6H3,(H,53,54). The molecule has 316 valence electrons. The summed E-state index contributed by atoms with van der Waals surface area (Å²) in [5.74, 6) is -0.820. The van der Waals surface area contributed by atoms with Crippen LogP contribution in [0.15, 0.2) is 48.1 Å². The van der Waals surface area contributed by atoms with E-state index in [4.69, 9.17) is 14.2 Å². The highest BCUT2D eigenvalue weighted by atomic mass is 16.7. The first-order chi connectivity index (χ1) is 27.0. The Labute approximate surface area is 337 Å². The molecule has 11 nitrogen and oxygen atoms in total. The second-order valence-corrected chi connectivity index (χ2v) is 20.6. The fourth-order valence-corrected chi connectivity index (χ4v) is 14.5. The van der Waals surface area contributed by atoms with Crippen molar-refractivity contribution in [2.75, 3.05) is 26.9 Å². The summed E-state index contributed by atoms with van der Waals surface area (Å²) in [4.78, 5) is 13.3. The normalized spacial score (nSPS) is 49.9. The highest BCUT2D eigenvalue weighted by molar-refractivity contribution is 5.76. The number of carboxylic acids is 1. The molecular formula is C46H67NO10. The lowest BCUT2D eigenvalue weighted by atomic mass is 9.29. The van der Waals surface area contributed by atoms with E-state index < -0.39 is 53.6 Å². The molecule has 17 unspecified atom stereocenters. The molecule has 6 aliphatic carbocycles. The second-order valence-electron chi connectivity index (χ2n) is 20.6. The van der Waals surface area contributed by atoms with Crippen LogP contribution in [-0.2, 0) is 32.2 Å². The van der Waals surface area contributed by atoms with Crippen molar-refractivity contribution in [3.8, 4) is 0 Å². The maximum absolute atomic E-state index is 13.3. The molecule has 1 heterocycles. The van der Waals surface area contributed by atoms with E-state index in [9.17, 15) is 35.4 Å². The number of rotatable bonds is 10. The van der Waals surface area contributed by atoms with E-state index in [1.165, 1.54) is 5.57 Å². The van der Waals surface area contributed by atoms with Crippen LogP contribution in [0.1, 0.15) is 90.7 Å². The number of carboxylic acid groups (broad SMARTS) is 1. The Bertz CT molecular complexity index is 1750. The van der Waals surface area contributed by atoms with E-state index in [0.717, 1.165) is 36.9 Å². The van der Waals surface area contributed by atoms with Crippen LogP contribution in [0.2, 0.25) is 0 Å². The monoisotopic (exact) mass is 793 g/mol. The fraction of sp³-hybridized carbons (Fsp3) is 0.761. The molecular weight excluding hydrogens is 727 g/mol. The van der Waals surface area contributed by atoms with Crippen molar-refractivity contribution in [1.82, 2.24) is 5.32 Å². The largest absolute Gasteiger partial charge is 0.481 e. The molecule has 5 fully saturated rings. The molecule has 0 amide bonds. The Balaban J connectivity index is 1.21. The summed E-state index contributed by atoms with van der Waals surface area (Å²) in [5.41, 5.74) is 0.538. The summed E-state index contributed by atoms with van der Waals surface area (Å²) in [5, 5.41) is 68.4. The third-order valence-corrected chi connectivity index (χ3v) is 17.8. The van der Waals surface area contributed by atoms with Crippen LogP contribution in [0.4, 0.5) is 0 Å². The summed E-state index contributed by atoms with van der Waals surface area (Å²) >= 11 is 0. The van der Waals surface area contributed by atoms with Gasteiger partial charge in [0.1, 0.15) is 18.3 Å². The maximum Gasteiger partial charge on any atom is 0.310 e. The molecule has 7 aliphatic rings. The van der Waals surface area contributed by atoms with Gasteiger partial charge in [0.15, 0.2) is 6.29 Å². The quantitative estimate of drug-likeness (QED) is 0.130. The third kappa shape index (κ3) is 5.95. The number of ether oxygens (including phenoxy) is 3. The van der Waals surface area contributed by atoms with Gasteiger partial charge in [0, 0.05) is 24.5 Å². The molecule has 11 heteroatoms. The molecule has 17 atom stereocenters. The number of hydrogen-bond acceptors (Lipinski definition) is 10. The Kier molecular flexibility index (Phi) is 10.6. The molecule has 0 radical (unpaired) electrons. The first-order valence-corrected chi connectivity index (χ1v) is 21.5. The van der Waals surface area contributed by atoms with Crippen molar-refractivity contribution in [3.05, 3.63) is 59.2 Å². The Morgan fingerprint density at radius 1 is 0.912 bits per heavy atom. The van der Waals surface area contributed by atoms with Crippen molar-refractivity contribution < 1.29 is 49.6 Å². The average Bonchev–Trinajstić information content (AvgIpc) is 3.18. The molecule has 7 N–H and O–H groups in total. The minimum atomic E-state index is -1.49. The van der Waals surface area contributed by atoms with Gasteiger partial charge in [0.2, 0.25) is 0 Å². The average molecular weight is 794 g/mol. The van der Waals surface area contributed by atoms with Crippen LogP contribution in [0, 0.1) is 62.1 Å². The number of hydrogen-bond donors (Lipinski definition) is 7. The lowest BCUT2D eigenvalue weighted by Gasteiger charge is -2.75. The van der Waals surface area contributed by atoms with Crippen molar-refractivity contribution in [2.24, 2.45) is 62.1 Å². The number of fused-ring (bicyclic) bond motifs is 5. The van der Waals surface area contributed by atoms with Crippen molar-refractivity contribution >= 4 is 5.97 Å². The van der Waals surface area contributed by atoms with Crippen molar-refractivity contribution in [2.45, 2.75) is 130 Å². The Morgan fingerprint density at radius 3 is 2.28 bits per heavy atom. The first kappa shape index (κ1) is 41.5. The van der Waals surface area contributed by atoms with Gasteiger partial charge in [-0.15, -0.1) is 0 Å². The SMILES string of the molecule is CNCc1ccc(COC2C(OC3OCC(O)C(O)C3O)C(C)(CO)C3C4C=CC2C3(C)C2CC=C3C5CC(C)(CO)CCC5(C(=O)O)CCC3(C)C2(C)C4)cc1. The number of aliphatic carboxylic acids is 1. The number of aliphatic hydroxyl groups excluding tert-OH is 5. The van der Waals surface area contributed by atoms with Gasteiger partial charge in [0.25, 0.3) is 0 Å². The van der Waals surface area contributed by atoms with Crippen LogP contribution < -0.4 is 5.32 Å². The lowest BCUT2D eigenvalue weighted by molar-refractivity contribution is -0.346. The van der Waals surface area contributed by atoms with Gasteiger partial charge in [-0.25, -0.2) is 0 Å². The Hall–Kier alpha value is -2.19. The van der Waals surface area contributed by atoms with E-state index in [2.05, 4.69) is 82.4 Å². The number of nitrogens with one attached hydrogen (secondary N) is 1. The number of aliphatic hydroxyl groups is 5. The van der Waals surface area contributed by atoms with E-state index >= 15 is 0 Å². The van der Waals surface area contributed by atoms with Crippen molar-refractivity contribution in [3.63, 3.8) is 0 Å². The minimum absolute atomic E-state index is 0.0439. The molecule has 57 heavy (non-hydrogen) atoms. The molecule has 0 spiro atoms. The highest BCUT2D eigenvalue weighted by Crippen LogP contribution is 2.79. The molecule has 0 aromatic heterocycles. The molecule has 4 bridgehead atoms. The van der Waals surface area contributed by atoms with Gasteiger partial charge in [-0.1, -0.05) is 82.7 Å². The molecule has 1 aromatic carbocycles. The number of allylic oxidation sites excluding steroid dienone is 3. The van der Waals surface area contributed by atoms with Gasteiger partial charge in [-0.3, -0.25) is 4.79 Å². The van der Waals surface area contributed by atoms with Gasteiger partial charge in [-0.2, -0.15) is 0 Å². The second kappa shape index (κ2) is 14.5. The molecule has 1 saturated heterocycles. The van der Waals surface area contributed by atoms with E-state index in [0.29, 0.717) is 32.3 Å². The summed E-state index contributed by atoms with van der Waals surface area (Å²) in [6.45, 7) is 12.1. The van der Waals surface area contributed by atoms with Gasteiger partial charge >= 0.3 is 5.97 Å². The van der Waals surface area contributed by atoms with E-state index in [1.54, 1.807) is 0 Å². The number of carbonyl (C=O) groups is 1. The zero-order valence-corrected chi connectivity index (χ0v) is 34.7. The van der Waals surface area contributed by atoms with Gasteiger partial charge in [0.05, 0.1) is 37.4 Å². The molecule has 1 aromatic rings. The predicted molar refractivity (Wildman–Crippen MR) is 212 cm³/mol. The smallest absolute Gasteiger partial charge is 0.310 e. The maximum atomic E-state index is 13.3. The topological polar surface area (TPSA) is 178 Å². The van der Waals surface area contributed by atoms with Crippen LogP contribution in [0.3, 0.4) is 0 Å².